The monoisotopic (exact) mass is 468 g/mol. The van der Waals surface area contributed by atoms with Gasteiger partial charge in [0, 0.05) is 6.42 Å². The van der Waals surface area contributed by atoms with Crippen LogP contribution in [0.4, 0.5) is 13.2 Å². The summed E-state index contributed by atoms with van der Waals surface area (Å²) in [6.45, 7) is 2.25. The summed E-state index contributed by atoms with van der Waals surface area (Å²) in [7, 11) is 0. The second-order valence-electron chi connectivity index (χ2n) is 9.15. The zero-order valence-electron chi connectivity index (χ0n) is 20.3. The highest BCUT2D eigenvalue weighted by molar-refractivity contribution is 5.93. The van der Waals surface area contributed by atoms with Gasteiger partial charge in [-0.05, 0) is 36.6 Å². The Hall–Kier alpha value is -1.62. The van der Waals surface area contributed by atoms with E-state index < -0.39 is 17.8 Å². The van der Waals surface area contributed by atoms with Gasteiger partial charge in [-0.3, -0.25) is 4.79 Å². The molecule has 188 valence electrons. The number of unbranched alkanes of at least 4 members (excludes halogenated alkanes) is 12. The van der Waals surface area contributed by atoms with Crippen LogP contribution in [0.25, 0.3) is 6.08 Å². The molecule has 1 unspecified atom stereocenters. The van der Waals surface area contributed by atoms with Crippen LogP contribution in [-0.2, 0) is 11.0 Å². The van der Waals surface area contributed by atoms with Crippen LogP contribution in [0, 0.1) is 0 Å². The third-order valence-corrected chi connectivity index (χ3v) is 6.04. The van der Waals surface area contributed by atoms with E-state index in [1.165, 1.54) is 94.9 Å². The van der Waals surface area contributed by atoms with Gasteiger partial charge in [0.25, 0.3) is 0 Å². The standard InChI is InChI=1S/C28H43F3O2/c1-2-3-4-5-6-7-8-9-10-11-12-13-14-18-26(32)21-22-27(33)20-19-24-16-15-17-25(23-24)28(29,30)31/h15-17,19-20,23,26,32H,2-14,18,21-22H2,1H3/b20-19+. The van der Waals surface area contributed by atoms with Gasteiger partial charge >= 0.3 is 6.18 Å². The Balaban J connectivity index is 2.04. The number of hydrogen-bond donors (Lipinski definition) is 1. The van der Waals surface area contributed by atoms with Crippen molar-refractivity contribution in [2.24, 2.45) is 0 Å². The molecule has 33 heavy (non-hydrogen) atoms. The van der Waals surface area contributed by atoms with Gasteiger partial charge in [0.05, 0.1) is 11.7 Å². The molecule has 1 aromatic carbocycles. The number of alkyl halides is 3. The van der Waals surface area contributed by atoms with Crippen molar-refractivity contribution in [3.63, 3.8) is 0 Å². The number of carbonyl (C=O) groups excluding carboxylic acids is 1. The number of rotatable bonds is 19. The molecule has 0 heterocycles. The molecule has 1 aromatic rings. The SMILES string of the molecule is CCCCCCCCCCCCCCCC(O)CCC(=O)/C=C/c1cccc(C(F)(F)F)c1. The average Bonchev–Trinajstić information content (AvgIpc) is 2.79. The fourth-order valence-electron chi connectivity index (χ4n) is 3.94. The molecule has 0 fully saturated rings. The van der Waals surface area contributed by atoms with Crippen molar-refractivity contribution in [1.82, 2.24) is 0 Å². The predicted octanol–water partition coefficient (Wildman–Crippen LogP) is 8.91. The lowest BCUT2D eigenvalue weighted by molar-refractivity contribution is -0.137. The van der Waals surface area contributed by atoms with E-state index in [2.05, 4.69) is 6.92 Å². The van der Waals surface area contributed by atoms with Gasteiger partial charge in [-0.2, -0.15) is 13.2 Å². The first-order chi connectivity index (χ1) is 15.8. The summed E-state index contributed by atoms with van der Waals surface area (Å²) in [5, 5.41) is 10.1. The summed E-state index contributed by atoms with van der Waals surface area (Å²) in [4.78, 5) is 12.0. The number of ketones is 1. The van der Waals surface area contributed by atoms with E-state index in [-0.39, 0.29) is 12.2 Å². The first-order valence-corrected chi connectivity index (χ1v) is 12.9. The Morgan fingerprint density at radius 3 is 1.97 bits per heavy atom. The Labute approximate surface area is 198 Å². The highest BCUT2D eigenvalue weighted by Crippen LogP contribution is 2.29. The molecule has 1 atom stereocenters. The maximum Gasteiger partial charge on any atom is 0.416 e. The van der Waals surface area contributed by atoms with E-state index in [9.17, 15) is 23.1 Å². The van der Waals surface area contributed by atoms with Crippen LogP contribution in [0.15, 0.2) is 30.3 Å². The van der Waals surface area contributed by atoms with Crippen LogP contribution in [0.2, 0.25) is 0 Å². The fraction of sp³-hybridized carbons (Fsp3) is 0.679. The minimum Gasteiger partial charge on any atom is -0.393 e. The van der Waals surface area contributed by atoms with Crippen molar-refractivity contribution in [3.05, 3.63) is 41.5 Å². The van der Waals surface area contributed by atoms with Crippen LogP contribution < -0.4 is 0 Å². The van der Waals surface area contributed by atoms with Crippen molar-refractivity contribution in [3.8, 4) is 0 Å². The van der Waals surface area contributed by atoms with E-state index in [0.29, 0.717) is 18.4 Å². The number of hydrogen-bond acceptors (Lipinski definition) is 2. The molecule has 0 radical (unpaired) electrons. The molecule has 0 aliphatic carbocycles. The number of carbonyl (C=O) groups is 1. The molecule has 0 spiro atoms. The van der Waals surface area contributed by atoms with E-state index >= 15 is 0 Å². The minimum atomic E-state index is -4.40. The van der Waals surface area contributed by atoms with Crippen molar-refractivity contribution in [2.75, 3.05) is 0 Å². The highest BCUT2D eigenvalue weighted by atomic mass is 19.4. The molecule has 1 N–H and O–H groups in total. The maximum atomic E-state index is 12.7. The summed E-state index contributed by atoms with van der Waals surface area (Å²) in [5.41, 5.74) is -0.393. The quantitative estimate of drug-likeness (QED) is 0.163. The predicted molar refractivity (Wildman–Crippen MR) is 131 cm³/mol. The Morgan fingerprint density at radius 2 is 1.42 bits per heavy atom. The Morgan fingerprint density at radius 1 is 0.879 bits per heavy atom. The van der Waals surface area contributed by atoms with E-state index in [1.54, 1.807) is 0 Å². The van der Waals surface area contributed by atoms with Gasteiger partial charge in [0.2, 0.25) is 0 Å². The normalized spacial score (nSPS) is 13.0. The molecule has 0 amide bonds. The third kappa shape index (κ3) is 15.8. The number of aliphatic hydroxyl groups excluding tert-OH is 1. The summed E-state index contributed by atoms with van der Waals surface area (Å²) >= 11 is 0. The van der Waals surface area contributed by atoms with Crippen LogP contribution in [0.5, 0.6) is 0 Å². The molecular formula is C28H43F3O2. The average molecular weight is 469 g/mol. The van der Waals surface area contributed by atoms with E-state index in [4.69, 9.17) is 0 Å². The smallest absolute Gasteiger partial charge is 0.393 e. The van der Waals surface area contributed by atoms with E-state index in [1.807, 2.05) is 0 Å². The van der Waals surface area contributed by atoms with Crippen LogP contribution in [0.1, 0.15) is 121 Å². The number of aliphatic hydroxyl groups is 1. The number of benzene rings is 1. The first kappa shape index (κ1) is 29.4. The minimum absolute atomic E-state index is 0.183. The maximum absolute atomic E-state index is 12.7. The fourth-order valence-corrected chi connectivity index (χ4v) is 3.94. The van der Waals surface area contributed by atoms with Gasteiger partial charge in [-0.25, -0.2) is 0 Å². The van der Waals surface area contributed by atoms with Crippen LogP contribution >= 0.6 is 0 Å². The lowest BCUT2D eigenvalue weighted by Gasteiger charge is -2.09. The second-order valence-corrected chi connectivity index (χ2v) is 9.15. The zero-order chi connectivity index (χ0) is 24.4. The lowest BCUT2D eigenvalue weighted by atomic mass is 10.0. The van der Waals surface area contributed by atoms with Crippen molar-refractivity contribution >= 4 is 11.9 Å². The Bertz CT molecular complexity index is 667. The van der Waals surface area contributed by atoms with E-state index in [0.717, 1.165) is 25.0 Å². The molecular weight excluding hydrogens is 425 g/mol. The number of halogens is 3. The van der Waals surface area contributed by atoms with Crippen molar-refractivity contribution in [1.29, 1.82) is 0 Å². The summed E-state index contributed by atoms with van der Waals surface area (Å²) in [6, 6.07) is 4.88. The van der Waals surface area contributed by atoms with Gasteiger partial charge in [-0.15, -0.1) is 0 Å². The third-order valence-electron chi connectivity index (χ3n) is 6.04. The molecule has 0 aromatic heterocycles. The van der Waals surface area contributed by atoms with Gasteiger partial charge < -0.3 is 5.11 Å². The van der Waals surface area contributed by atoms with Crippen molar-refractivity contribution < 1.29 is 23.1 Å². The summed E-state index contributed by atoms with van der Waals surface area (Å²) in [5.74, 6) is -0.183. The molecule has 1 rings (SSSR count). The summed E-state index contributed by atoms with van der Waals surface area (Å²) in [6.07, 6.45) is 15.8. The van der Waals surface area contributed by atoms with Gasteiger partial charge in [0.15, 0.2) is 5.78 Å². The molecule has 0 saturated carbocycles. The van der Waals surface area contributed by atoms with Crippen LogP contribution in [-0.4, -0.2) is 17.0 Å². The zero-order valence-corrected chi connectivity index (χ0v) is 20.3. The molecule has 0 aliphatic rings. The molecule has 2 nitrogen and oxygen atoms in total. The van der Waals surface area contributed by atoms with Crippen LogP contribution in [0.3, 0.4) is 0 Å². The lowest BCUT2D eigenvalue weighted by Crippen LogP contribution is -2.08. The second kappa shape index (κ2) is 17.8. The Kier molecular flexibility index (Phi) is 15.9. The molecule has 0 aliphatic heterocycles. The summed E-state index contributed by atoms with van der Waals surface area (Å²) < 4.78 is 38.2. The van der Waals surface area contributed by atoms with Gasteiger partial charge in [-0.1, -0.05) is 109 Å². The molecule has 0 bridgehead atoms. The highest BCUT2D eigenvalue weighted by Gasteiger charge is 2.30. The van der Waals surface area contributed by atoms with Gasteiger partial charge in [0.1, 0.15) is 0 Å². The topological polar surface area (TPSA) is 37.3 Å². The van der Waals surface area contributed by atoms with Crippen molar-refractivity contribution in [2.45, 2.75) is 122 Å². The molecule has 0 saturated heterocycles. The number of allylic oxidation sites excluding steroid dienone is 1. The first-order valence-electron chi connectivity index (χ1n) is 12.9. The largest absolute Gasteiger partial charge is 0.416 e. The molecule has 5 heteroatoms.